The minimum absolute atomic E-state index is 0.597. The van der Waals surface area contributed by atoms with Gasteiger partial charge in [0, 0.05) is 38.3 Å². The molecule has 0 spiro atoms. The Balaban J connectivity index is 1.55. The lowest BCUT2D eigenvalue weighted by atomic mass is 10.1. The van der Waals surface area contributed by atoms with E-state index in [1.54, 1.807) is 24.5 Å². The molecular weight excluding hydrogens is 430 g/mol. The summed E-state index contributed by atoms with van der Waals surface area (Å²) in [5.74, 6) is 3.90. The van der Waals surface area contributed by atoms with E-state index in [1.807, 2.05) is 54.6 Å². The van der Waals surface area contributed by atoms with Crippen molar-refractivity contribution in [1.29, 1.82) is 0 Å². The molecule has 1 unspecified atom stereocenters. The van der Waals surface area contributed by atoms with Crippen molar-refractivity contribution in [3.63, 3.8) is 0 Å². The Bertz CT molecular complexity index is 1510. The Kier molecular flexibility index (Phi) is 4.77. The number of pyridine rings is 1. The first-order valence-electron chi connectivity index (χ1n) is 9.48. The molecule has 2 heterocycles. The Morgan fingerprint density at radius 3 is 2.65 bits per heavy atom. The molecule has 8 heteroatoms. The molecule has 0 radical (unpaired) electrons. The molecule has 31 heavy (non-hydrogen) atoms. The van der Waals surface area contributed by atoms with Crippen molar-refractivity contribution in [3.8, 4) is 0 Å². The highest BCUT2D eigenvalue weighted by Crippen LogP contribution is 2.33. The molecule has 154 valence electrons. The van der Waals surface area contributed by atoms with E-state index in [4.69, 9.17) is 11.6 Å². The molecule has 6 nitrogen and oxygen atoms in total. The Labute approximate surface area is 184 Å². The third kappa shape index (κ3) is 3.81. The topological polar surface area (TPSA) is 82.7 Å². The van der Waals surface area contributed by atoms with E-state index in [2.05, 4.69) is 31.1 Å². The summed E-state index contributed by atoms with van der Waals surface area (Å²) in [7, 11) is -2.70. The molecule has 0 fully saturated rings. The average molecular weight is 448 g/mol. The fraction of sp³-hybridized carbons (Fsp3) is 0. The van der Waals surface area contributed by atoms with Crippen LogP contribution in [-0.2, 0) is 9.71 Å². The van der Waals surface area contributed by atoms with Gasteiger partial charge in [0.25, 0.3) is 0 Å². The van der Waals surface area contributed by atoms with E-state index in [-0.39, 0.29) is 0 Å². The van der Waals surface area contributed by atoms with Crippen LogP contribution in [0.4, 0.5) is 17.1 Å². The van der Waals surface area contributed by atoms with Gasteiger partial charge in [-0.25, -0.2) is 4.21 Å². The maximum absolute atomic E-state index is 13.1. The second kappa shape index (κ2) is 7.61. The van der Waals surface area contributed by atoms with Crippen molar-refractivity contribution in [2.75, 3.05) is 10.0 Å². The second-order valence-corrected chi connectivity index (χ2v) is 9.55. The summed E-state index contributed by atoms with van der Waals surface area (Å²) >= 11 is 6.27. The van der Waals surface area contributed by atoms with Crippen LogP contribution in [0.15, 0.2) is 84.0 Å². The quantitative estimate of drug-likeness (QED) is 0.306. The highest BCUT2D eigenvalue weighted by molar-refractivity contribution is 8.01. The van der Waals surface area contributed by atoms with E-state index < -0.39 is 9.71 Å². The van der Waals surface area contributed by atoms with Gasteiger partial charge in [-0.05, 0) is 54.4 Å². The number of anilines is 3. The number of benzene rings is 3. The molecule has 5 rings (SSSR count). The van der Waals surface area contributed by atoms with Gasteiger partial charge in [0.05, 0.1) is 32.6 Å². The van der Waals surface area contributed by atoms with Gasteiger partial charge in [-0.2, -0.15) is 5.10 Å². The number of fused-ring (bicyclic) bond motifs is 2. The zero-order chi connectivity index (χ0) is 21.4. The highest BCUT2D eigenvalue weighted by atomic mass is 35.5. The van der Waals surface area contributed by atoms with Crippen molar-refractivity contribution in [2.24, 2.45) is 0 Å². The fourth-order valence-electron chi connectivity index (χ4n) is 3.47. The van der Waals surface area contributed by atoms with Gasteiger partial charge in [-0.3, -0.25) is 10.1 Å². The van der Waals surface area contributed by atoms with E-state index in [0.717, 1.165) is 33.2 Å². The van der Waals surface area contributed by atoms with E-state index >= 15 is 0 Å². The van der Waals surface area contributed by atoms with Gasteiger partial charge >= 0.3 is 0 Å². The maximum Gasteiger partial charge on any atom is 0.0738 e. The predicted molar refractivity (Wildman–Crippen MR) is 130 cm³/mol. The lowest BCUT2D eigenvalue weighted by Crippen LogP contribution is -2.12. The zero-order valence-corrected chi connectivity index (χ0v) is 17.9. The van der Waals surface area contributed by atoms with Gasteiger partial charge in [0.15, 0.2) is 0 Å². The first kappa shape index (κ1) is 19.4. The van der Waals surface area contributed by atoms with Crippen LogP contribution in [0.1, 0.15) is 0 Å². The van der Waals surface area contributed by atoms with Crippen molar-refractivity contribution in [3.05, 3.63) is 84.1 Å². The van der Waals surface area contributed by atoms with Crippen LogP contribution in [0.2, 0.25) is 5.02 Å². The van der Waals surface area contributed by atoms with Crippen molar-refractivity contribution in [2.45, 2.75) is 4.90 Å². The molecule has 0 saturated carbocycles. The van der Waals surface area contributed by atoms with Crippen LogP contribution in [0, 0.1) is 0 Å². The van der Waals surface area contributed by atoms with Crippen molar-refractivity contribution in [1.82, 2.24) is 15.2 Å². The first-order chi connectivity index (χ1) is 15.0. The number of hydrogen-bond acceptors (Lipinski definition) is 4. The zero-order valence-electron chi connectivity index (χ0n) is 16.3. The van der Waals surface area contributed by atoms with Crippen LogP contribution in [0.3, 0.4) is 0 Å². The number of aromatic amines is 1. The molecule has 1 atom stereocenters. The molecule has 3 N–H and O–H groups in total. The number of aromatic nitrogens is 3. The van der Waals surface area contributed by atoms with Gasteiger partial charge in [-0.1, -0.05) is 29.8 Å². The second-order valence-electron chi connectivity index (χ2n) is 7.09. The summed E-state index contributed by atoms with van der Waals surface area (Å²) in [5.41, 5.74) is 4.00. The van der Waals surface area contributed by atoms with Gasteiger partial charge < -0.3 is 10.0 Å². The number of rotatable bonds is 5. The SMILES string of the molecule is C=S(=O)(Nc1ccc2nccc(Nc3cc(Cl)cc4[nH]ncc34)c2c1)c1ccccc1. The summed E-state index contributed by atoms with van der Waals surface area (Å²) in [6.45, 7) is 0. The lowest BCUT2D eigenvalue weighted by molar-refractivity contribution is 0.684. The number of nitrogens with one attached hydrogen (secondary N) is 3. The van der Waals surface area contributed by atoms with E-state index in [9.17, 15) is 4.21 Å². The molecule has 0 amide bonds. The minimum Gasteiger partial charge on any atom is -0.354 e. The molecule has 5 aromatic rings. The van der Waals surface area contributed by atoms with Crippen LogP contribution in [0.25, 0.3) is 21.8 Å². The lowest BCUT2D eigenvalue weighted by Gasteiger charge is -2.15. The first-order valence-corrected chi connectivity index (χ1v) is 11.6. The molecule has 0 aliphatic rings. The summed E-state index contributed by atoms with van der Waals surface area (Å²) in [6, 6.07) is 20.4. The van der Waals surface area contributed by atoms with E-state index in [1.165, 1.54) is 0 Å². The van der Waals surface area contributed by atoms with E-state index in [0.29, 0.717) is 15.6 Å². The summed E-state index contributed by atoms with van der Waals surface area (Å²) < 4.78 is 16.2. The monoisotopic (exact) mass is 447 g/mol. The normalized spacial score (nSPS) is 13.2. The predicted octanol–water partition coefficient (Wildman–Crippen LogP) is 5.61. The molecule has 0 saturated heterocycles. The molecule has 3 aromatic carbocycles. The van der Waals surface area contributed by atoms with Crippen molar-refractivity contribution < 1.29 is 4.21 Å². The number of H-pyrrole nitrogens is 1. The molecule has 0 aliphatic carbocycles. The Morgan fingerprint density at radius 1 is 0.968 bits per heavy atom. The number of halogens is 1. The van der Waals surface area contributed by atoms with Crippen molar-refractivity contribution >= 4 is 66.0 Å². The average Bonchev–Trinajstić information content (AvgIpc) is 3.23. The number of hydrogen-bond donors (Lipinski definition) is 3. The van der Waals surface area contributed by atoms with Crippen LogP contribution in [-0.4, -0.2) is 25.3 Å². The number of nitrogens with zero attached hydrogens (tertiary/aromatic N) is 2. The molecule has 0 bridgehead atoms. The Morgan fingerprint density at radius 2 is 1.81 bits per heavy atom. The van der Waals surface area contributed by atoms with Gasteiger partial charge in [-0.15, -0.1) is 0 Å². The largest absolute Gasteiger partial charge is 0.354 e. The molecular formula is C23H18ClN5OS. The van der Waals surface area contributed by atoms with Gasteiger partial charge in [0.2, 0.25) is 0 Å². The fourth-order valence-corrected chi connectivity index (χ4v) is 4.91. The Hall–Kier alpha value is -3.55. The van der Waals surface area contributed by atoms with Gasteiger partial charge in [0.1, 0.15) is 0 Å². The van der Waals surface area contributed by atoms with Crippen LogP contribution in [0.5, 0.6) is 0 Å². The van der Waals surface area contributed by atoms with Crippen LogP contribution < -0.4 is 10.0 Å². The smallest absolute Gasteiger partial charge is 0.0738 e. The highest BCUT2D eigenvalue weighted by Gasteiger charge is 2.11. The third-order valence-corrected chi connectivity index (χ3v) is 6.76. The minimum atomic E-state index is -2.70. The third-order valence-electron chi connectivity index (χ3n) is 4.94. The molecule has 0 aliphatic heterocycles. The molecule has 2 aromatic heterocycles. The summed E-state index contributed by atoms with van der Waals surface area (Å²) in [6.07, 6.45) is 3.49. The standard InChI is InChI=1S/C23H18ClN5OS/c1-31(30,17-5-3-2-4-6-17)29-16-7-8-20-18(13-16)21(9-10-25-20)27-22-11-15(24)12-23-19(22)14-26-28-23/h2-14H,1H2,(H,25,27)(H,26,28)(H,29,30). The maximum atomic E-state index is 13.1. The summed E-state index contributed by atoms with van der Waals surface area (Å²) in [4.78, 5) is 5.09. The van der Waals surface area contributed by atoms with Crippen LogP contribution >= 0.6 is 11.6 Å². The summed E-state index contributed by atoms with van der Waals surface area (Å²) in [5, 5.41) is 12.9.